The number of pyridine rings is 1. The molecule has 4 rings (SSSR count). The number of aliphatic hydroxyl groups excluding tert-OH is 1. The number of piperidine rings is 1. The van der Waals surface area contributed by atoms with Crippen molar-refractivity contribution in [2.45, 2.75) is 39.0 Å². The zero-order valence-corrected chi connectivity index (χ0v) is 14.5. The van der Waals surface area contributed by atoms with Crippen molar-refractivity contribution in [2.24, 2.45) is 5.92 Å². The van der Waals surface area contributed by atoms with Crippen LogP contribution in [0.4, 0.5) is 0 Å². The van der Waals surface area contributed by atoms with Crippen molar-refractivity contribution >= 4 is 6.08 Å². The van der Waals surface area contributed by atoms with Gasteiger partial charge in [-0.15, -0.1) is 0 Å². The predicted octanol–water partition coefficient (Wildman–Crippen LogP) is 2.59. The van der Waals surface area contributed by atoms with Crippen molar-refractivity contribution in [1.29, 1.82) is 0 Å². The molecule has 2 aromatic rings. The molecule has 0 spiro atoms. The number of hydrogen-bond acceptors (Lipinski definition) is 4. The summed E-state index contributed by atoms with van der Waals surface area (Å²) < 4.78 is 7.64. The molecule has 2 bridgehead atoms. The molecule has 0 amide bonds. The Morgan fingerprint density at radius 3 is 2.80 bits per heavy atom. The fourth-order valence-electron chi connectivity index (χ4n) is 4.41. The van der Waals surface area contributed by atoms with E-state index in [9.17, 15) is 4.79 Å². The molecule has 2 atom stereocenters. The summed E-state index contributed by atoms with van der Waals surface area (Å²) >= 11 is 0. The largest absolute Gasteiger partial charge is 0.462 e. The van der Waals surface area contributed by atoms with E-state index in [1.807, 2.05) is 35.8 Å². The Hall–Kier alpha value is -2.11. The maximum absolute atomic E-state index is 12.3. The number of rotatable bonds is 4. The zero-order valence-electron chi connectivity index (χ0n) is 14.5. The van der Waals surface area contributed by atoms with Crippen LogP contribution in [0.15, 0.2) is 39.6 Å². The standard InChI is InChI=1S/C20H24N2O3/c1-2-3-15-4-7-19(24)22-10-14-8-16(20(15)22)11-21(9-14)12-17-5-6-18(13-23)25-17/h2-7,14,16,23H,8-13H2,1H3/t14-,16-/m0/s1. The first kappa shape index (κ1) is 16.4. The van der Waals surface area contributed by atoms with E-state index in [4.69, 9.17) is 9.52 Å². The average Bonchev–Trinajstić information content (AvgIpc) is 3.05. The molecule has 1 fully saturated rings. The minimum absolute atomic E-state index is 0.0613. The van der Waals surface area contributed by atoms with Crippen LogP contribution in [-0.2, 0) is 19.7 Å². The molecule has 2 aliphatic heterocycles. The number of hydrogen-bond donors (Lipinski definition) is 1. The van der Waals surface area contributed by atoms with Crippen LogP contribution in [0.25, 0.3) is 6.08 Å². The van der Waals surface area contributed by atoms with Crippen molar-refractivity contribution in [3.05, 3.63) is 63.5 Å². The molecular weight excluding hydrogens is 316 g/mol. The lowest BCUT2D eigenvalue weighted by Gasteiger charge is -2.43. The smallest absolute Gasteiger partial charge is 0.250 e. The molecule has 4 heterocycles. The Kier molecular flexibility index (Phi) is 4.36. The molecule has 2 aliphatic rings. The second-order valence-electron chi connectivity index (χ2n) is 7.14. The van der Waals surface area contributed by atoms with Gasteiger partial charge in [0.15, 0.2) is 0 Å². The van der Waals surface area contributed by atoms with Gasteiger partial charge in [-0.3, -0.25) is 9.69 Å². The van der Waals surface area contributed by atoms with Crippen molar-refractivity contribution < 1.29 is 9.52 Å². The van der Waals surface area contributed by atoms with Gasteiger partial charge >= 0.3 is 0 Å². The van der Waals surface area contributed by atoms with Crippen LogP contribution in [0.1, 0.15) is 42.0 Å². The van der Waals surface area contributed by atoms with Crippen LogP contribution in [0.5, 0.6) is 0 Å². The van der Waals surface area contributed by atoms with Gasteiger partial charge < -0.3 is 14.1 Å². The summed E-state index contributed by atoms with van der Waals surface area (Å²) in [6.45, 7) is 5.41. The maximum Gasteiger partial charge on any atom is 0.250 e. The summed E-state index contributed by atoms with van der Waals surface area (Å²) in [5.41, 5.74) is 2.46. The molecule has 132 valence electrons. The van der Waals surface area contributed by atoms with Gasteiger partial charge in [0.05, 0.1) is 6.54 Å². The molecule has 0 aliphatic carbocycles. The third kappa shape index (κ3) is 3.10. The fraction of sp³-hybridized carbons (Fsp3) is 0.450. The number of fused-ring (bicyclic) bond motifs is 4. The first-order chi connectivity index (χ1) is 12.2. The number of aliphatic hydroxyl groups is 1. The van der Waals surface area contributed by atoms with Gasteiger partial charge in [-0.05, 0) is 43.0 Å². The first-order valence-electron chi connectivity index (χ1n) is 8.95. The molecule has 1 N–H and O–H groups in total. The second kappa shape index (κ2) is 6.65. The molecule has 0 saturated carbocycles. The summed E-state index contributed by atoms with van der Waals surface area (Å²) in [4.78, 5) is 14.8. The van der Waals surface area contributed by atoms with Gasteiger partial charge in [-0.25, -0.2) is 0 Å². The maximum atomic E-state index is 12.3. The summed E-state index contributed by atoms with van der Waals surface area (Å²) in [6, 6.07) is 7.42. The Bertz CT molecular complexity index is 849. The average molecular weight is 340 g/mol. The van der Waals surface area contributed by atoms with Gasteiger partial charge in [-0.1, -0.05) is 12.2 Å². The number of aromatic nitrogens is 1. The Morgan fingerprint density at radius 2 is 2.04 bits per heavy atom. The number of allylic oxidation sites excluding steroid dienone is 1. The molecule has 0 aromatic carbocycles. The number of nitrogens with zero attached hydrogens (tertiary/aromatic N) is 2. The summed E-state index contributed by atoms with van der Waals surface area (Å²) in [7, 11) is 0. The molecule has 0 unspecified atom stereocenters. The van der Waals surface area contributed by atoms with Crippen LogP contribution in [-0.4, -0.2) is 27.7 Å². The van der Waals surface area contributed by atoms with E-state index in [2.05, 4.69) is 11.0 Å². The fourth-order valence-corrected chi connectivity index (χ4v) is 4.41. The SMILES string of the molecule is CC=Cc1ccc(=O)n2c1[C@H]1C[C@@H](CN(Cc3ccc(CO)o3)C1)C2. The topological polar surface area (TPSA) is 58.6 Å². The van der Waals surface area contributed by atoms with Gasteiger partial charge in [0.1, 0.15) is 18.1 Å². The molecule has 5 heteroatoms. The van der Waals surface area contributed by atoms with Crippen LogP contribution in [0.2, 0.25) is 0 Å². The lowest BCUT2D eigenvalue weighted by Crippen LogP contribution is -2.47. The lowest BCUT2D eigenvalue weighted by atomic mass is 9.81. The Balaban J connectivity index is 1.61. The summed E-state index contributed by atoms with van der Waals surface area (Å²) in [5, 5.41) is 9.16. The quantitative estimate of drug-likeness (QED) is 0.929. The molecule has 1 saturated heterocycles. The van der Waals surface area contributed by atoms with E-state index < -0.39 is 0 Å². The van der Waals surface area contributed by atoms with Crippen LogP contribution in [0.3, 0.4) is 0 Å². The summed E-state index contributed by atoms with van der Waals surface area (Å²) in [5.74, 6) is 2.37. The molecular formula is C20H24N2O3. The van der Waals surface area contributed by atoms with Gasteiger partial charge in [-0.2, -0.15) is 0 Å². The van der Waals surface area contributed by atoms with E-state index in [0.29, 0.717) is 17.6 Å². The van der Waals surface area contributed by atoms with Crippen LogP contribution >= 0.6 is 0 Å². The lowest BCUT2D eigenvalue weighted by molar-refractivity contribution is 0.106. The van der Waals surface area contributed by atoms with E-state index in [0.717, 1.165) is 43.9 Å². The van der Waals surface area contributed by atoms with Gasteiger partial charge in [0.2, 0.25) is 0 Å². The molecule has 25 heavy (non-hydrogen) atoms. The highest BCUT2D eigenvalue weighted by Gasteiger charge is 2.35. The first-order valence-corrected chi connectivity index (χ1v) is 8.95. The number of likely N-dealkylation sites (tertiary alicyclic amines) is 1. The second-order valence-corrected chi connectivity index (χ2v) is 7.14. The highest BCUT2D eigenvalue weighted by Crippen LogP contribution is 2.37. The van der Waals surface area contributed by atoms with E-state index >= 15 is 0 Å². The highest BCUT2D eigenvalue weighted by atomic mass is 16.4. The third-order valence-corrected chi connectivity index (χ3v) is 5.30. The van der Waals surface area contributed by atoms with Crippen molar-refractivity contribution in [1.82, 2.24) is 9.47 Å². The third-order valence-electron chi connectivity index (χ3n) is 5.30. The van der Waals surface area contributed by atoms with Gasteiger partial charge in [0, 0.05) is 37.3 Å². The van der Waals surface area contributed by atoms with E-state index in [1.54, 1.807) is 6.07 Å². The van der Waals surface area contributed by atoms with Crippen molar-refractivity contribution in [3.8, 4) is 0 Å². The molecule has 0 radical (unpaired) electrons. The zero-order chi connectivity index (χ0) is 17.4. The normalized spacial score (nSPS) is 23.1. The molecule has 2 aromatic heterocycles. The van der Waals surface area contributed by atoms with E-state index in [1.165, 1.54) is 5.69 Å². The van der Waals surface area contributed by atoms with Crippen molar-refractivity contribution in [2.75, 3.05) is 13.1 Å². The minimum Gasteiger partial charge on any atom is -0.462 e. The van der Waals surface area contributed by atoms with E-state index in [-0.39, 0.29) is 12.2 Å². The van der Waals surface area contributed by atoms with Crippen LogP contribution < -0.4 is 5.56 Å². The number of furan rings is 1. The Morgan fingerprint density at radius 1 is 1.20 bits per heavy atom. The van der Waals surface area contributed by atoms with Crippen molar-refractivity contribution in [3.63, 3.8) is 0 Å². The monoisotopic (exact) mass is 340 g/mol. The minimum atomic E-state index is -0.0613. The summed E-state index contributed by atoms with van der Waals surface area (Å²) in [6.07, 6.45) is 5.28. The Labute approximate surface area is 147 Å². The van der Waals surface area contributed by atoms with Crippen LogP contribution in [0, 0.1) is 5.92 Å². The molecule has 5 nitrogen and oxygen atoms in total. The predicted molar refractivity (Wildman–Crippen MR) is 96.2 cm³/mol. The van der Waals surface area contributed by atoms with Gasteiger partial charge in [0.25, 0.3) is 5.56 Å². The highest BCUT2D eigenvalue weighted by molar-refractivity contribution is 5.53.